The Balaban J connectivity index is 1.48. The number of carbonyl (C=O) groups is 1. The highest BCUT2D eigenvalue weighted by Crippen LogP contribution is 2.35. The van der Waals surface area contributed by atoms with Crippen molar-refractivity contribution in [2.75, 3.05) is 16.0 Å². The maximum Gasteiger partial charge on any atom is 0.323 e. The van der Waals surface area contributed by atoms with Crippen molar-refractivity contribution in [2.45, 2.75) is 39.7 Å². The van der Waals surface area contributed by atoms with E-state index in [1.54, 1.807) is 0 Å². The summed E-state index contributed by atoms with van der Waals surface area (Å²) >= 11 is 0. The van der Waals surface area contributed by atoms with E-state index in [1.165, 1.54) is 11.1 Å². The van der Waals surface area contributed by atoms with Crippen LogP contribution in [-0.4, -0.2) is 26.7 Å². The summed E-state index contributed by atoms with van der Waals surface area (Å²) in [6, 6.07) is 29.7. The zero-order valence-corrected chi connectivity index (χ0v) is 23.1. The molecule has 40 heavy (non-hydrogen) atoms. The summed E-state index contributed by atoms with van der Waals surface area (Å²) in [6.07, 6.45) is 0. The van der Waals surface area contributed by atoms with Crippen molar-refractivity contribution in [2.24, 2.45) is 0 Å². The molecule has 0 spiro atoms. The van der Waals surface area contributed by atoms with E-state index in [9.17, 15) is 4.79 Å². The molecule has 4 aromatic carbocycles. The second-order valence-electron chi connectivity index (χ2n) is 10.8. The predicted molar refractivity (Wildman–Crippen MR) is 161 cm³/mol. The highest BCUT2D eigenvalue weighted by molar-refractivity contribution is 6.02. The fourth-order valence-electron chi connectivity index (χ4n) is 4.70. The third-order valence-corrected chi connectivity index (χ3v) is 6.71. The Bertz CT molecular complexity index is 1600. The predicted octanol–water partition coefficient (Wildman–Crippen LogP) is 7.40. The molecule has 0 unspecified atom stereocenters. The van der Waals surface area contributed by atoms with Gasteiger partial charge >= 0.3 is 6.03 Å². The Kier molecular flexibility index (Phi) is 7.59. The summed E-state index contributed by atoms with van der Waals surface area (Å²) < 4.78 is 0. The SMILES string of the molecule is Cc1ccc(NC(=O)Nc2cc(-c3ccccc3-c3nnn[nH]3)ccc2NCc2ccccc2C(C)(C)C)cc1. The molecule has 1 heterocycles. The molecule has 2 amide bonds. The molecule has 4 N–H and O–H groups in total. The standard InChI is InChI=1S/C32H33N7O/c1-21-13-16-24(17-14-21)34-31(40)35-29-19-22(25-10-6-7-11-26(25)30-36-38-39-37-30)15-18-28(29)33-20-23-9-5-8-12-27(23)32(2,3)4/h5-19,33H,20H2,1-4H3,(H2,34,35,40)(H,36,37,38,39). The van der Waals surface area contributed by atoms with Gasteiger partial charge in [-0.05, 0) is 69.3 Å². The first kappa shape index (κ1) is 26.6. The number of urea groups is 1. The summed E-state index contributed by atoms with van der Waals surface area (Å²) in [6.45, 7) is 9.26. The van der Waals surface area contributed by atoms with Gasteiger partial charge in [0.2, 0.25) is 0 Å². The summed E-state index contributed by atoms with van der Waals surface area (Å²) in [5.74, 6) is 0.572. The van der Waals surface area contributed by atoms with Crippen LogP contribution < -0.4 is 16.0 Å². The van der Waals surface area contributed by atoms with Gasteiger partial charge in [0.15, 0.2) is 5.82 Å². The lowest BCUT2D eigenvalue weighted by Gasteiger charge is -2.24. The third-order valence-electron chi connectivity index (χ3n) is 6.71. The summed E-state index contributed by atoms with van der Waals surface area (Å²) in [7, 11) is 0. The van der Waals surface area contributed by atoms with Crippen LogP contribution in [0.15, 0.2) is 91.0 Å². The largest absolute Gasteiger partial charge is 0.379 e. The molecule has 5 aromatic rings. The van der Waals surface area contributed by atoms with Crippen LogP contribution in [0.25, 0.3) is 22.5 Å². The van der Waals surface area contributed by atoms with E-state index >= 15 is 0 Å². The number of amides is 2. The lowest BCUT2D eigenvalue weighted by Crippen LogP contribution is -2.20. The number of nitrogens with zero attached hydrogens (tertiary/aromatic N) is 3. The maximum atomic E-state index is 13.1. The van der Waals surface area contributed by atoms with Gasteiger partial charge in [0.1, 0.15) is 0 Å². The number of anilines is 3. The zero-order chi connectivity index (χ0) is 28.1. The number of H-pyrrole nitrogens is 1. The van der Waals surface area contributed by atoms with Crippen LogP contribution in [0.4, 0.5) is 21.9 Å². The molecule has 0 atom stereocenters. The molecule has 0 fully saturated rings. The molecule has 0 saturated heterocycles. The van der Waals surface area contributed by atoms with Crippen LogP contribution in [0.3, 0.4) is 0 Å². The van der Waals surface area contributed by atoms with Crippen LogP contribution >= 0.6 is 0 Å². The molecule has 0 aliphatic rings. The number of aromatic nitrogens is 4. The number of rotatable bonds is 7. The van der Waals surface area contributed by atoms with Gasteiger partial charge in [0.25, 0.3) is 0 Å². The minimum absolute atomic E-state index is 0.0103. The molecular weight excluding hydrogens is 498 g/mol. The van der Waals surface area contributed by atoms with Gasteiger partial charge in [-0.2, -0.15) is 0 Å². The van der Waals surface area contributed by atoms with Crippen molar-refractivity contribution in [3.63, 3.8) is 0 Å². The number of aryl methyl sites for hydroxylation is 1. The van der Waals surface area contributed by atoms with Gasteiger partial charge in [-0.1, -0.05) is 93.1 Å². The smallest absolute Gasteiger partial charge is 0.323 e. The van der Waals surface area contributed by atoms with E-state index in [4.69, 9.17) is 0 Å². The molecule has 0 bridgehead atoms. The van der Waals surface area contributed by atoms with Gasteiger partial charge < -0.3 is 16.0 Å². The van der Waals surface area contributed by atoms with Gasteiger partial charge in [-0.3, -0.25) is 0 Å². The van der Waals surface area contributed by atoms with Crippen molar-refractivity contribution in [1.82, 2.24) is 20.6 Å². The third kappa shape index (κ3) is 6.18. The fraction of sp³-hybridized carbons (Fsp3) is 0.188. The van der Waals surface area contributed by atoms with Gasteiger partial charge in [-0.15, -0.1) is 5.10 Å². The average Bonchev–Trinajstić information content (AvgIpc) is 3.48. The van der Waals surface area contributed by atoms with E-state index < -0.39 is 0 Å². The number of hydrogen-bond donors (Lipinski definition) is 4. The molecule has 202 valence electrons. The van der Waals surface area contributed by atoms with Crippen LogP contribution in [0.2, 0.25) is 0 Å². The number of aromatic amines is 1. The Morgan fingerprint density at radius 1 is 0.825 bits per heavy atom. The molecular formula is C32H33N7O. The molecule has 5 rings (SSSR count). The van der Waals surface area contributed by atoms with Crippen LogP contribution in [0.1, 0.15) is 37.5 Å². The highest BCUT2D eigenvalue weighted by Gasteiger charge is 2.18. The number of nitrogens with one attached hydrogen (secondary N) is 4. The first-order valence-corrected chi connectivity index (χ1v) is 13.2. The monoisotopic (exact) mass is 531 g/mol. The Labute approximate surface area is 234 Å². The van der Waals surface area contributed by atoms with Crippen molar-refractivity contribution in [1.29, 1.82) is 0 Å². The fourth-order valence-corrected chi connectivity index (χ4v) is 4.70. The van der Waals surface area contributed by atoms with Crippen molar-refractivity contribution in [3.05, 3.63) is 108 Å². The maximum absolute atomic E-state index is 13.1. The molecule has 8 nitrogen and oxygen atoms in total. The normalized spacial score (nSPS) is 11.2. The van der Waals surface area contributed by atoms with Gasteiger partial charge in [0, 0.05) is 17.8 Å². The van der Waals surface area contributed by atoms with Crippen molar-refractivity contribution in [3.8, 4) is 22.5 Å². The molecule has 0 saturated carbocycles. The number of tetrazole rings is 1. The molecule has 0 aliphatic heterocycles. The first-order chi connectivity index (χ1) is 19.3. The topological polar surface area (TPSA) is 108 Å². The van der Waals surface area contributed by atoms with E-state index in [0.29, 0.717) is 18.1 Å². The summed E-state index contributed by atoms with van der Waals surface area (Å²) in [5, 5.41) is 24.0. The minimum Gasteiger partial charge on any atom is -0.379 e. The molecule has 8 heteroatoms. The van der Waals surface area contributed by atoms with E-state index in [0.717, 1.165) is 33.6 Å². The number of carbonyl (C=O) groups excluding carboxylic acids is 1. The lowest BCUT2D eigenvalue weighted by molar-refractivity contribution is 0.262. The van der Waals surface area contributed by atoms with Crippen molar-refractivity contribution < 1.29 is 4.79 Å². The average molecular weight is 532 g/mol. The number of hydrogen-bond acceptors (Lipinski definition) is 5. The quantitative estimate of drug-likeness (QED) is 0.175. The molecule has 1 aromatic heterocycles. The Hall–Kier alpha value is -4.98. The Morgan fingerprint density at radius 3 is 2.27 bits per heavy atom. The number of benzene rings is 4. The minimum atomic E-state index is -0.327. The van der Waals surface area contributed by atoms with Crippen LogP contribution in [-0.2, 0) is 12.0 Å². The van der Waals surface area contributed by atoms with Crippen LogP contribution in [0.5, 0.6) is 0 Å². The lowest BCUT2D eigenvalue weighted by atomic mass is 9.84. The van der Waals surface area contributed by atoms with Crippen molar-refractivity contribution >= 4 is 23.1 Å². The summed E-state index contributed by atoms with van der Waals surface area (Å²) in [4.78, 5) is 13.1. The van der Waals surface area contributed by atoms with E-state index in [2.05, 4.69) is 81.6 Å². The van der Waals surface area contributed by atoms with Gasteiger partial charge in [-0.25, -0.2) is 9.89 Å². The molecule has 0 aliphatic carbocycles. The zero-order valence-electron chi connectivity index (χ0n) is 23.1. The van der Waals surface area contributed by atoms with E-state index in [-0.39, 0.29) is 11.4 Å². The second-order valence-corrected chi connectivity index (χ2v) is 10.8. The van der Waals surface area contributed by atoms with E-state index in [1.807, 2.05) is 73.7 Å². The Morgan fingerprint density at radius 2 is 1.55 bits per heavy atom. The van der Waals surface area contributed by atoms with Crippen LogP contribution in [0, 0.1) is 6.92 Å². The second kappa shape index (κ2) is 11.4. The highest BCUT2D eigenvalue weighted by atomic mass is 16.2. The summed E-state index contributed by atoms with van der Waals surface area (Å²) in [5.41, 5.74) is 8.52. The van der Waals surface area contributed by atoms with Gasteiger partial charge in [0.05, 0.1) is 11.4 Å². The first-order valence-electron chi connectivity index (χ1n) is 13.2. The molecule has 0 radical (unpaired) electrons.